The molecule has 3 nitrogen and oxygen atoms in total. The molecular weight excluding hydrogens is 285 g/mol. The molecule has 0 bridgehead atoms. The first kappa shape index (κ1) is 12.2. The Bertz CT molecular complexity index is 504. The normalized spacial score (nSPS) is 12.7. The van der Waals surface area contributed by atoms with Crippen LogP contribution >= 0.6 is 15.9 Å². The highest BCUT2D eigenvalue weighted by atomic mass is 79.9. The van der Waals surface area contributed by atoms with E-state index in [1.165, 1.54) is 10.7 Å². The van der Waals surface area contributed by atoms with Crippen LogP contribution in [0.1, 0.15) is 29.4 Å². The summed E-state index contributed by atoms with van der Waals surface area (Å²) in [5.41, 5.74) is 2.11. The highest BCUT2D eigenvalue weighted by Gasteiger charge is 2.13. The summed E-state index contributed by atoms with van der Waals surface area (Å²) in [4.78, 5) is 0.156. The zero-order valence-electron chi connectivity index (χ0n) is 9.69. The number of aryl methyl sites for hydroxylation is 1. The molecule has 5 heteroatoms. The summed E-state index contributed by atoms with van der Waals surface area (Å²) < 4.78 is 15.2. The lowest BCUT2D eigenvalue weighted by Gasteiger charge is -2.05. The second kappa shape index (κ2) is 4.96. The average molecular weight is 298 g/mol. The van der Waals surface area contributed by atoms with E-state index in [2.05, 4.69) is 26.2 Å². The minimum atomic E-state index is -0.288. The minimum absolute atomic E-state index is 0.156. The zero-order valence-corrected chi connectivity index (χ0v) is 11.3. The molecule has 0 aliphatic heterocycles. The minimum Gasteiger partial charge on any atom is -0.217 e. The Balaban J connectivity index is 2.44. The van der Waals surface area contributed by atoms with Crippen molar-refractivity contribution in [2.75, 3.05) is 0 Å². The third-order valence-corrected chi connectivity index (χ3v) is 3.72. The number of para-hydroxylation sites is 1. The van der Waals surface area contributed by atoms with E-state index < -0.39 is 0 Å². The SMILES string of the molecule is CCC(Br)c1cn(-c2c(C)cccc2F)nn1. The van der Waals surface area contributed by atoms with Crippen molar-refractivity contribution in [1.29, 1.82) is 0 Å². The van der Waals surface area contributed by atoms with Gasteiger partial charge >= 0.3 is 0 Å². The fraction of sp³-hybridized carbons (Fsp3) is 0.333. The molecule has 0 aliphatic carbocycles. The van der Waals surface area contributed by atoms with Crippen LogP contribution in [0.5, 0.6) is 0 Å². The van der Waals surface area contributed by atoms with Crippen molar-refractivity contribution in [3.8, 4) is 5.69 Å². The number of rotatable bonds is 3. The summed E-state index contributed by atoms with van der Waals surface area (Å²) in [5.74, 6) is -0.288. The molecule has 0 N–H and O–H groups in total. The first-order valence-corrected chi connectivity index (χ1v) is 6.37. The van der Waals surface area contributed by atoms with Crippen LogP contribution in [0.4, 0.5) is 4.39 Å². The van der Waals surface area contributed by atoms with Crippen molar-refractivity contribution in [1.82, 2.24) is 15.0 Å². The fourth-order valence-electron chi connectivity index (χ4n) is 1.65. The topological polar surface area (TPSA) is 30.7 Å². The van der Waals surface area contributed by atoms with E-state index in [1.807, 2.05) is 19.9 Å². The maximum Gasteiger partial charge on any atom is 0.149 e. The largest absolute Gasteiger partial charge is 0.217 e. The van der Waals surface area contributed by atoms with Crippen LogP contribution in [-0.2, 0) is 0 Å². The van der Waals surface area contributed by atoms with Gasteiger partial charge in [-0.3, -0.25) is 0 Å². The number of aromatic nitrogens is 3. The second-order valence-electron chi connectivity index (χ2n) is 3.87. The Hall–Kier alpha value is -1.23. The van der Waals surface area contributed by atoms with Crippen molar-refractivity contribution < 1.29 is 4.39 Å². The Morgan fingerprint density at radius 3 is 2.88 bits per heavy atom. The van der Waals surface area contributed by atoms with Gasteiger partial charge in [0.1, 0.15) is 11.5 Å². The number of hydrogen-bond acceptors (Lipinski definition) is 2. The molecule has 1 aromatic carbocycles. The Morgan fingerprint density at radius 1 is 1.47 bits per heavy atom. The molecular formula is C12H13BrFN3. The molecule has 0 saturated heterocycles. The Labute approximate surface area is 108 Å². The molecule has 1 aromatic heterocycles. The average Bonchev–Trinajstić information content (AvgIpc) is 2.77. The van der Waals surface area contributed by atoms with Gasteiger partial charge in [0.05, 0.1) is 16.7 Å². The lowest BCUT2D eigenvalue weighted by Crippen LogP contribution is -2.01. The molecule has 0 amide bonds. The van der Waals surface area contributed by atoms with Gasteiger partial charge in [0.2, 0.25) is 0 Å². The van der Waals surface area contributed by atoms with E-state index >= 15 is 0 Å². The van der Waals surface area contributed by atoms with Crippen molar-refractivity contribution in [3.05, 3.63) is 41.5 Å². The van der Waals surface area contributed by atoms with E-state index in [0.29, 0.717) is 5.69 Å². The van der Waals surface area contributed by atoms with Gasteiger partial charge in [-0.05, 0) is 25.0 Å². The van der Waals surface area contributed by atoms with Crippen LogP contribution in [0, 0.1) is 12.7 Å². The summed E-state index contributed by atoms with van der Waals surface area (Å²) >= 11 is 3.50. The smallest absolute Gasteiger partial charge is 0.149 e. The maximum atomic E-state index is 13.7. The summed E-state index contributed by atoms with van der Waals surface area (Å²) in [6.07, 6.45) is 2.67. The van der Waals surface area contributed by atoms with Crippen LogP contribution < -0.4 is 0 Å². The summed E-state index contributed by atoms with van der Waals surface area (Å²) in [7, 11) is 0. The van der Waals surface area contributed by atoms with Gasteiger partial charge < -0.3 is 0 Å². The predicted octanol–water partition coefficient (Wildman–Crippen LogP) is 3.56. The summed E-state index contributed by atoms with van der Waals surface area (Å²) in [6.45, 7) is 3.90. The molecule has 0 saturated carbocycles. The summed E-state index contributed by atoms with van der Waals surface area (Å²) in [6, 6.07) is 4.96. The standard InChI is InChI=1S/C12H13BrFN3/c1-3-9(13)11-7-17(16-15-11)12-8(2)5-4-6-10(12)14/h4-7,9H,3H2,1-2H3. The quantitative estimate of drug-likeness (QED) is 0.811. The molecule has 1 unspecified atom stereocenters. The Kier molecular flexibility index (Phi) is 3.57. The van der Waals surface area contributed by atoms with Gasteiger partial charge in [-0.25, -0.2) is 9.07 Å². The molecule has 0 aliphatic rings. The second-order valence-corrected chi connectivity index (χ2v) is 4.97. The van der Waals surface area contributed by atoms with Crippen molar-refractivity contribution >= 4 is 15.9 Å². The van der Waals surface area contributed by atoms with Crippen LogP contribution in [0.25, 0.3) is 5.69 Å². The third kappa shape index (κ3) is 2.39. The van der Waals surface area contributed by atoms with Crippen LogP contribution in [0.2, 0.25) is 0 Å². The van der Waals surface area contributed by atoms with Gasteiger partial charge in [0.15, 0.2) is 0 Å². The summed E-state index contributed by atoms with van der Waals surface area (Å²) in [5, 5.41) is 8.02. The number of benzene rings is 1. The highest BCUT2D eigenvalue weighted by Crippen LogP contribution is 2.25. The lowest BCUT2D eigenvalue weighted by molar-refractivity contribution is 0.605. The van der Waals surface area contributed by atoms with E-state index in [4.69, 9.17) is 0 Å². The molecule has 2 rings (SSSR count). The predicted molar refractivity (Wildman–Crippen MR) is 68.0 cm³/mol. The highest BCUT2D eigenvalue weighted by molar-refractivity contribution is 9.09. The van der Waals surface area contributed by atoms with Crippen molar-refractivity contribution in [2.24, 2.45) is 0 Å². The molecule has 0 radical (unpaired) electrons. The zero-order chi connectivity index (χ0) is 12.4. The molecule has 1 heterocycles. The fourth-order valence-corrected chi connectivity index (χ4v) is 1.86. The van der Waals surface area contributed by atoms with Gasteiger partial charge in [-0.15, -0.1) is 5.10 Å². The van der Waals surface area contributed by atoms with Gasteiger partial charge in [-0.1, -0.05) is 40.2 Å². The van der Waals surface area contributed by atoms with Crippen LogP contribution in [0.15, 0.2) is 24.4 Å². The molecule has 2 aromatic rings. The van der Waals surface area contributed by atoms with Crippen LogP contribution in [-0.4, -0.2) is 15.0 Å². The first-order chi connectivity index (χ1) is 8.13. The van der Waals surface area contributed by atoms with Gasteiger partial charge in [-0.2, -0.15) is 0 Å². The van der Waals surface area contributed by atoms with Crippen molar-refractivity contribution in [2.45, 2.75) is 25.1 Å². The molecule has 17 heavy (non-hydrogen) atoms. The number of hydrogen-bond donors (Lipinski definition) is 0. The van der Waals surface area contributed by atoms with E-state index in [9.17, 15) is 4.39 Å². The van der Waals surface area contributed by atoms with Crippen molar-refractivity contribution in [3.63, 3.8) is 0 Å². The maximum absolute atomic E-state index is 13.7. The monoisotopic (exact) mass is 297 g/mol. The lowest BCUT2D eigenvalue weighted by atomic mass is 10.2. The van der Waals surface area contributed by atoms with E-state index in [1.54, 1.807) is 12.3 Å². The molecule has 0 spiro atoms. The molecule has 90 valence electrons. The van der Waals surface area contributed by atoms with Gasteiger partial charge in [0, 0.05) is 0 Å². The molecule has 0 fully saturated rings. The number of nitrogens with zero attached hydrogens (tertiary/aromatic N) is 3. The molecule has 1 atom stereocenters. The van der Waals surface area contributed by atoms with E-state index in [-0.39, 0.29) is 10.6 Å². The third-order valence-electron chi connectivity index (χ3n) is 2.61. The van der Waals surface area contributed by atoms with Gasteiger partial charge in [0.25, 0.3) is 0 Å². The Morgan fingerprint density at radius 2 is 2.24 bits per heavy atom. The van der Waals surface area contributed by atoms with Crippen LogP contribution in [0.3, 0.4) is 0 Å². The first-order valence-electron chi connectivity index (χ1n) is 5.45. The van der Waals surface area contributed by atoms with E-state index in [0.717, 1.165) is 17.7 Å². The number of halogens is 2. The number of alkyl halides is 1.